The van der Waals surface area contributed by atoms with Gasteiger partial charge in [0.25, 0.3) is 0 Å². The molecule has 7 aliphatic rings. The van der Waals surface area contributed by atoms with Crippen molar-refractivity contribution in [2.45, 2.75) is 82.6 Å². The number of carbonyl (C=O) groups is 1. The third-order valence-electron chi connectivity index (χ3n) is 14.0. The van der Waals surface area contributed by atoms with E-state index in [-0.39, 0.29) is 46.0 Å². The Balaban J connectivity index is 1.23. The van der Waals surface area contributed by atoms with E-state index in [2.05, 4.69) is 48.7 Å². The molecule has 0 amide bonds. The van der Waals surface area contributed by atoms with Gasteiger partial charge in [-0.2, -0.15) is 0 Å². The smallest absolute Gasteiger partial charge is 0.141 e. The number of anilines is 1. The SMILES string of the molecule is CO[C@@H]1CC(=O)[C@@H]2[C@@H]3[C@@H]4CC[C@]56C[C@@H]7CSSC[C@H]([C@H](C)O)Nc8cccc(c8)C[C@H]7C5C=CC[C@](C4)([C@]21O)[C@]36C. The summed E-state index contributed by atoms with van der Waals surface area (Å²) in [7, 11) is 5.58. The number of hydrogen-bond donors (Lipinski definition) is 3. The number of aliphatic hydroxyl groups excluding tert-OH is 1. The van der Waals surface area contributed by atoms with Crippen LogP contribution in [0.15, 0.2) is 36.4 Å². The van der Waals surface area contributed by atoms with Crippen LogP contribution < -0.4 is 5.32 Å². The summed E-state index contributed by atoms with van der Waals surface area (Å²) in [4.78, 5) is 13.7. The van der Waals surface area contributed by atoms with Gasteiger partial charge < -0.3 is 20.3 Å². The van der Waals surface area contributed by atoms with Gasteiger partial charge in [0.15, 0.2) is 0 Å². The Morgan fingerprint density at radius 3 is 2.78 bits per heavy atom. The summed E-state index contributed by atoms with van der Waals surface area (Å²) in [6, 6.07) is 8.91. The molecular formula is C34H45NO4S2. The molecule has 5 saturated carbocycles. The lowest BCUT2D eigenvalue weighted by molar-refractivity contribution is -0.194. The van der Waals surface area contributed by atoms with Crippen LogP contribution in [-0.2, 0) is 16.0 Å². The summed E-state index contributed by atoms with van der Waals surface area (Å²) in [6.45, 7) is 4.43. The topological polar surface area (TPSA) is 78.8 Å². The average molecular weight is 596 g/mol. The van der Waals surface area contributed by atoms with Gasteiger partial charge in [-0.3, -0.25) is 4.79 Å². The molecular weight excluding hydrogens is 551 g/mol. The summed E-state index contributed by atoms with van der Waals surface area (Å²) in [5, 5.41) is 26.9. The average Bonchev–Trinajstić information content (AvgIpc) is 3.49. The number of aliphatic hydroxyl groups is 2. The molecule has 3 N–H and O–H groups in total. The molecule has 1 unspecified atom stereocenters. The molecule has 1 spiro atoms. The van der Waals surface area contributed by atoms with E-state index in [1.807, 2.05) is 28.5 Å². The van der Waals surface area contributed by atoms with Crippen molar-refractivity contribution in [3.8, 4) is 0 Å². The van der Waals surface area contributed by atoms with Crippen molar-refractivity contribution >= 4 is 33.1 Å². The van der Waals surface area contributed by atoms with E-state index in [1.54, 1.807) is 7.11 Å². The standard InChI is InChI=1S/C34H45NO4S2/c1-19(36)26-18-41-40-17-22-15-32-11-9-21-16-33(31(32,2)29(21)30-27(37)14-28(39-3)34(30,33)38)10-5-8-25(32)24(22)13-20-6-4-7-23(12-20)35-26/h4-8,12,19,21-22,24-26,28-30,35-36,38H,9-11,13-18H2,1-3H3/t19-,21+,22+,24+,25?,26+,28+,29-,30+,31+,32-,33+,34+/m0/s1. The fourth-order valence-electron chi connectivity index (χ4n) is 12.6. The molecule has 6 bridgehead atoms. The zero-order chi connectivity index (χ0) is 28.4. The van der Waals surface area contributed by atoms with Crippen LogP contribution in [-0.4, -0.2) is 58.5 Å². The highest BCUT2D eigenvalue weighted by Crippen LogP contribution is 2.88. The fourth-order valence-corrected chi connectivity index (χ4v) is 15.4. The molecule has 5 fully saturated rings. The normalized spacial score (nSPS) is 52.0. The second-order valence-corrected chi connectivity index (χ2v) is 17.5. The number of hydrogen-bond acceptors (Lipinski definition) is 7. The summed E-state index contributed by atoms with van der Waals surface area (Å²) < 4.78 is 5.99. The zero-order valence-electron chi connectivity index (χ0n) is 24.6. The molecule has 13 atom stereocenters. The molecule has 41 heavy (non-hydrogen) atoms. The van der Waals surface area contributed by atoms with E-state index in [9.17, 15) is 15.0 Å². The van der Waals surface area contributed by atoms with Crippen molar-refractivity contribution in [3.05, 3.63) is 42.0 Å². The first kappa shape index (κ1) is 27.6. The molecule has 222 valence electrons. The summed E-state index contributed by atoms with van der Waals surface area (Å²) in [5.74, 6) is 4.33. The Kier molecular flexibility index (Phi) is 6.22. The van der Waals surface area contributed by atoms with Gasteiger partial charge in [0.1, 0.15) is 11.4 Å². The van der Waals surface area contributed by atoms with Gasteiger partial charge in [0, 0.05) is 36.1 Å². The molecule has 5 nitrogen and oxygen atoms in total. The predicted molar refractivity (Wildman–Crippen MR) is 166 cm³/mol. The molecule has 1 aromatic carbocycles. The molecule has 1 aliphatic heterocycles. The molecule has 0 saturated heterocycles. The number of allylic oxidation sites excluding steroid dienone is 2. The maximum absolute atomic E-state index is 13.7. The van der Waals surface area contributed by atoms with Gasteiger partial charge in [-0.1, -0.05) is 52.8 Å². The number of rotatable bonds is 2. The van der Waals surface area contributed by atoms with Crippen molar-refractivity contribution in [3.63, 3.8) is 0 Å². The minimum atomic E-state index is -1.06. The highest BCUT2D eigenvalue weighted by molar-refractivity contribution is 8.76. The first-order valence-corrected chi connectivity index (χ1v) is 18.4. The lowest BCUT2D eigenvalue weighted by Gasteiger charge is -2.59. The predicted octanol–water partition coefficient (Wildman–Crippen LogP) is 5.76. The van der Waals surface area contributed by atoms with Gasteiger partial charge in [-0.05, 0) is 104 Å². The Morgan fingerprint density at radius 2 is 1.98 bits per heavy atom. The number of fused-ring (bicyclic) bond motifs is 5. The number of ketones is 1. The molecule has 0 radical (unpaired) electrons. The number of benzene rings is 1. The minimum Gasteiger partial charge on any atom is -0.391 e. The summed E-state index contributed by atoms with van der Waals surface area (Å²) in [5.41, 5.74) is 1.12. The van der Waals surface area contributed by atoms with E-state index in [4.69, 9.17) is 4.74 Å². The van der Waals surface area contributed by atoms with E-state index in [1.165, 1.54) is 24.8 Å². The maximum atomic E-state index is 13.7. The first-order chi connectivity index (χ1) is 19.7. The van der Waals surface area contributed by atoms with Crippen molar-refractivity contribution in [2.24, 2.45) is 51.8 Å². The molecule has 1 aromatic rings. The van der Waals surface area contributed by atoms with E-state index in [0.717, 1.165) is 36.5 Å². The van der Waals surface area contributed by atoms with Crippen molar-refractivity contribution < 1.29 is 19.7 Å². The quantitative estimate of drug-likeness (QED) is 0.297. The monoisotopic (exact) mass is 595 g/mol. The van der Waals surface area contributed by atoms with Crippen LogP contribution in [0.1, 0.15) is 57.9 Å². The van der Waals surface area contributed by atoms with Crippen molar-refractivity contribution in [1.82, 2.24) is 0 Å². The van der Waals surface area contributed by atoms with Crippen LogP contribution in [0.2, 0.25) is 0 Å². The third kappa shape index (κ3) is 3.26. The van der Waals surface area contributed by atoms with Gasteiger partial charge in [-0.25, -0.2) is 0 Å². The van der Waals surface area contributed by atoms with Gasteiger partial charge in [-0.15, -0.1) is 0 Å². The maximum Gasteiger partial charge on any atom is 0.141 e. The fraction of sp³-hybridized carbons (Fsp3) is 0.735. The van der Waals surface area contributed by atoms with E-state index < -0.39 is 11.7 Å². The number of methoxy groups -OCH3 is 1. The van der Waals surface area contributed by atoms with E-state index >= 15 is 0 Å². The Bertz CT molecular complexity index is 1290. The number of nitrogens with one attached hydrogen (secondary N) is 1. The highest BCUT2D eigenvalue weighted by atomic mass is 33.1. The number of ether oxygens (including phenoxy) is 1. The number of Topliss-reactive ketones (excluding diaryl/α,β-unsaturated/α-hetero) is 1. The third-order valence-corrected chi connectivity index (χ3v) is 16.5. The lowest BCUT2D eigenvalue weighted by Crippen LogP contribution is -2.60. The largest absolute Gasteiger partial charge is 0.391 e. The summed E-state index contributed by atoms with van der Waals surface area (Å²) in [6.07, 6.45) is 11.2. The highest BCUT2D eigenvalue weighted by Gasteiger charge is 2.89. The van der Waals surface area contributed by atoms with Crippen LogP contribution in [0.3, 0.4) is 0 Å². The Hall–Kier alpha value is -0.990. The van der Waals surface area contributed by atoms with Gasteiger partial charge >= 0.3 is 0 Å². The van der Waals surface area contributed by atoms with Crippen LogP contribution in [0, 0.1) is 51.8 Å². The summed E-state index contributed by atoms with van der Waals surface area (Å²) >= 11 is 0. The van der Waals surface area contributed by atoms with Crippen LogP contribution in [0.5, 0.6) is 0 Å². The molecule has 8 rings (SSSR count). The second-order valence-electron chi connectivity index (χ2n) is 14.9. The molecule has 7 heteroatoms. The Labute approximate surface area is 252 Å². The lowest BCUT2D eigenvalue weighted by atomic mass is 9.45. The van der Waals surface area contributed by atoms with Crippen LogP contribution >= 0.6 is 21.6 Å². The van der Waals surface area contributed by atoms with Crippen LogP contribution in [0.4, 0.5) is 5.69 Å². The van der Waals surface area contributed by atoms with Crippen molar-refractivity contribution in [1.29, 1.82) is 0 Å². The molecule has 0 aromatic heterocycles. The molecule has 1 heterocycles. The van der Waals surface area contributed by atoms with Crippen LogP contribution in [0.25, 0.3) is 0 Å². The van der Waals surface area contributed by atoms with Gasteiger partial charge in [0.2, 0.25) is 0 Å². The van der Waals surface area contributed by atoms with Gasteiger partial charge in [0.05, 0.1) is 24.2 Å². The Morgan fingerprint density at radius 1 is 1.15 bits per heavy atom. The zero-order valence-corrected chi connectivity index (χ0v) is 26.2. The van der Waals surface area contributed by atoms with Crippen molar-refractivity contribution in [2.75, 3.05) is 23.9 Å². The van der Waals surface area contributed by atoms with E-state index in [0.29, 0.717) is 30.1 Å². The minimum absolute atomic E-state index is 0.0174. The first-order valence-electron chi connectivity index (χ1n) is 15.9. The number of carbonyl (C=O) groups excluding carboxylic acids is 1. The second kappa shape index (κ2) is 9.26. The molecule has 6 aliphatic carbocycles.